The topological polar surface area (TPSA) is 94.5 Å². The second kappa shape index (κ2) is 5.97. The van der Waals surface area contributed by atoms with Crippen LogP contribution in [0.4, 0.5) is 10.8 Å². The molecule has 0 aromatic carbocycles. The molecule has 1 amide bonds. The predicted molar refractivity (Wildman–Crippen MR) is 81.5 cm³/mol. The maximum absolute atomic E-state index is 12.4. The van der Waals surface area contributed by atoms with Gasteiger partial charge in [-0.3, -0.25) is 4.90 Å². The molecule has 21 heavy (non-hydrogen) atoms. The van der Waals surface area contributed by atoms with Gasteiger partial charge in [-0.05, 0) is 33.4 Å². The van der Waals surface area contributed by atoms with Crippen molar-refractivity contribution in [1.82, 2.24) is 15.1 Å². The first kappa shape index (κ1) is 15.7. The molecule has 0 spiro atoms. The second-order valence-corrected chi connectivity index (χ2v) is 6.86. The third-order valence-electron chi connectivity index (χ3n) is 2.86. The Kier molecular flexibility index (Phi) is 4.46. The fraction of sp³-hybridized carbons (Fsp3) is 0.615. The molecule has 1 aromatic rings. The van der Waals surface area contributed by atoms with Gasteiger partial charge in [-0.1, -0.05) is 11.2 Å². The molecule has 2 rings (SSSR count). The Balaban J connectivity index is 2.27. The van der Waals surface area contributed by atoms with Crippen molar-refractivity contribution in [3.8, 4) is 0 Å². The molecular weight excluding hydrogens is 292 g/mol. The molecule has 0 bridgehead atoms. The summed E-state index contributed by atoms with van der Waals surface area (Å²) < 4.78 is 10.7. The Morgan fingerprint density at radius 2 is 2.24 bits per heavy atom. The summed E-state index contributed by atoms with van der Waals surface area (Å²) in [6.45, 7) is 6.02. The Hall–Kier alpha value is -1.70. The van der Waals surface area contributed by atoms with Crippen LogP contribution >= 0.6 is 11.8 Å². The van der Waals surface area contributed by atoms with Crippen LogP contribution in [0.5, 0.6) is 0 Å². The summed E-state index contributed by atoms with van der Waals surface area (Å²) in [5.41, 5.74) is 5.44. The highest BCUT2D eigenvalue weighted by Crippen LogP contribution is 2.30. The van der Waals surface area contributed by atoms with Crippen molar-refractivity contribution in [2.45, 2.75) is 38.0 Å². The number of nitrogen functional groups attached to an aromatic ring is 1. The van der Waals surface area contributed by atoms with Crippen LogP contribution in [-0.2, 0) is 4.74 Å². The van der Waals surface area contributed by atoms with Gasteiger partial charge in [0.05, 0.1) is 0 Å². The minimum atomic E-state index is -0.567. The second-order valence-electron chi connectivity index (χ2n) is 5.72. The van der Waals surface area contributed by atoms with Crippen LogP contribution in [-0.4, -0.2) is 44.8 Å². The number of carbonyl (C=O) groups is 1. The van der Waals surface area contributed by atoms with Crippen molar-refractivity contribution >= 4 is 29.6 Å². The number of allylic oxidation sites excluding steroid dienone is 1. The molecule has 1 aromatic heterocycles. The van der Waals surface area contributed by atoms with Crippen LogP contribution in [0.2, 0.25) is 0 Å². The number of carbonyl (C=O) groups excluding carboxylic acids is 1. The summed E-state index contributed by atoms with van der Waals surface area (Å²) in [5.74, 6) is 0.234. The van der Waals surface area contributed by atoms with Crippen LogP contribution in [0.15, 0.2) is 10.5 Å². The van der Waals surface area contributed by atoms with E-state index in [1.54, 1.807) is 11.8 Å². The van der Waals surface area contributed by atoms with Crippen LogP contribution in [0.25, 0.3) is 5.70 Å². The average Bonchev–Trinajstić information content (AvgIpc) is 2.82. The van der Waals surface area contributed by atoms with Crippen molar-refractivity contribution in [1.29, 1.82) is 0 Å². The van der Waals surface area contributed by atoms with E-state index in [1.165, 1.54) is 4.90 Å². The maximum Gasteiger partial charge on any atom is 0.415 e. The first-order valence-corrected chi connectivity index (χ1v) is 7.92. The maximum atomic E-state index is 12.4. The Bertz CT molecular complexity index is 550. The lowest BCUT2D eigenvalue weighted by Crippen LogP contribution is -2.41. The molecule has 0 radical (unpaired) electrons. The van der Waals surface area contributed by atoms with E-state index in [-0.39, 0.29) is 11.9 Å². The zero-order valence-electron chi connectivity index (χ0n) is 12.6. The van der Waals surface area contributed by atoms with Crippen LogP contribution < -0.4 is 5.73 Å². The van der Waals surface area contributed by atoms with E-state index in [4.69, 9.17) is 14.9 Å². The monoisotopic (exact) mass is 312 g/mol. The third kappa shape index (κ3) is 3.90. The number of hydrogen-bond donors (Lipinski definition) is 1. The molecule has 0 aliphatic carbocycles. The lowest BCUT2D eigenvalue weighted by molar-refractivity contribution is 0.0345. The third-order valence-corrected chi connectivity index (χ3v) is 3.87. The summed E-state index contributed by atoms with van der Waals surface area (Å²) in [7, 11) is 0. The number of amides is 1. The van der Waals surface area contributed by atoms with E-state index in [1.807, 2.05) is 33.1 Å². The summed E-state index contributed by atoms with van der Waals surface area (Å²) in [5, 5.41) is 7.80. The molecule has 1 unspecified atom stereocenters. The minimum Gasteiger partial charge on any atom is -0.443 e. The Morgan fingerprint density at radius 1 is 1.52 bits per heavy atom. The molecule has 116 valence electrons. The summed E-state index contributed by atoms with van der Waals surface area (Å²) in [4.78, 5) is 13.9. The quantitative estimate of drug-likeness (QED) is 0.895. The zero-order chi connectivity index (χ0) is 15.6. The molecule has 7 nitrogen and oxygen atoms in total. The van der Waals surface area contributed by atoms with Crippen molar-refractivity contribution < 1.29 is 13.9 Å². The van der Waals surface area contributed by atoms with Gasteiger partial charge in [0, 0.05) is 11.8 Å². The SMILES string of the molecule is CSC1CC=C(c2nnc(N)o2)N(C(=O)OC(C)(C)C)C1. The fourth-order valence-corrected chi connectivity index (χ4v) is 2.52. The molecule has 2 heterocycles. The number of thioether (sulfide) groups is 1. The van der Waals surface area contributed by atoms with Gasteiger partial charge < -0.3 is 14.9 Å². The number of hydrogen-bond acceptors (Lipinski definition) is 7. The van der Waals surface area contributed by atoms with Gasteiger partial charge in [0.25, 0.3) is 5.89 Å². The molecule has 1 aliphatic heterocycles. The van der Waals surface area contributed by atoms with Gasteiger partial charge in [-0.25, -0.2) is 4.79 Å². The van der Waals surface area contributed by atoms with Crippen molar-refractivity contribution in [2.75, 3.05) is 18.5 Å². The van der Waals surface area contributed by atoms with Crippen molar-refractivity contribution in [3.63, 3.8) is 0 Å². The van der Waals surface area contributed by atoms with Crippen molar-refractivity contribution in [3.05, 3.63) is 12.0 Å². The first-order chi connectivity index (χ1) is 9.80. The van der Waals surface area contributed by atoms with Gasteiger partial charge in [0.2, 0.25) is 0 Å². The smallest absolute Gasteiger partial charge is 0.415 e. The predicted octanol–water partition coefficient (Wildman–Crippen LogP) is 2.37. The number of nitrogens with zero attached hydrogens (tertiary/aromatic N) is 3. The number of ether oxygens (including phenoxy) is 1. The van der Waals surface area contributed by atoms with E-state index in [0.29, 0.717) is 17.5 Å². The average molecular weight is 312 g/mol. The Morgan fingerprint density at radius 3 is 2.76 bits per heavy atom. The Labute approximate surface area is 127 Å². The van der Waals surface area contributed by atoms with Gasteiger partial charge >= 0.3 is 12.1 Å². The highest BCUT2D eigenvalue weighted by atomic mass is 32.2. The molecule has 1 atom stereocenters. The molecular formula is C13H20N4O3S. The molecule has 2 N–H and O–H groups in total. The summed E-state index contributed by atoms with van der Waals surface area (Å²) in [6, 6.07) is -0.0259. The van der Waals surface area contributed by atoms with E-state index in [2.05, 4.69) is 10.2 Å². The summed E-state index contributed by atoms with van der Waals surface area (Å²) in [6.07, 6.45) is 4.31. The van der Waals surface area contributed by atoms with Crippen molar-refractivity contribution in [2.24, 2.45) is 0 Å². The number of rotatable bonds is 2. The van der Waals surface area contributed by atoms with Crippen LogP contribution in [0, 0.1) is 0 Å². The van der Waals surface area contributed by atoms with E-state index >= 15 is 0 Å². The molecule has 1 aliphatic rings. The number of nitrogens with two attached hydrogens (primary N) is 1. The highest BCUT2D eigenvalue weighted by Gasteiger charge is 2.32. The van der Waals surface area contributed by atoms with E-state index < -0.39 is 11.7 Å². The van der Waals surface area contributed by atoms with Gasteiger partial charge in [0.1, 0.15) is 11.3 Å². The van der Waals surface area contributed by atoms with Gasteiger partial charge in [-0.15, -0.1) is 5.10 Å². The highest BCUT2D eigenvalue weighted by molar-refractivity contribution is 7.99. The fourth-order valence-electron chi connectivity index (χ4n) is 1.93. The minimum absolute atomic E-state index is 0.0259. The molecule has 0 saturated heterocycles. The molecule has 0 saturated carbocycles. The normalized spacial score (nSPS) is 19.3. The van der Waals surface area contributed by atoms with E-state index in [0.717, 1.165) is 6.42 Å². The zero-order valence-corrected chi connectivity index (χ0v) is 13.4. The van der Waals surface area contributed by atoms with Crippen LogP contribution in [0.3, 0.4) is 0 Å². The standard InChI is InChI=1S/C13H20N4O3S/c1-13(2,3)20-12(18)17-7-8(21-4)5-6-9(17)10-15-16-11(14)19-10/h6,8H,5,7H2,1-4H3,(H2,14,16). The van der Waals surface area contributed by atoms with Crippen LogP contribution in [0.1, 0.15) is 33.1 Å². The molecule has 8 heteroatoms. The van der Waals surface area contributed by atoms with Gasteiger partial charge in [0.15, 0.2) is 0 Å². The lowest BCUT2D eigenvalue weighted by Gasteiger charge is -2.32. The summed E-state index contributed by atoms with van der Waals surface area (Å²) >= 11 is 1.70. The lowest BCUT2D eigenvalue weighted by atomic mass is 10.1. The van der Waals surface area contributed by atoms with E-state index in [9.17, 15) is 4.79 Å². The first-order valence-electron chi connectivity index (χ1n) is 6.63. The molecule has 0 fully saturated rings. The largest absolute Gasteiger partial charge is 0.443 e. The number of aromatic nitrogens is 2. The van der Waals surface area contributed by atoms with Gasteiger partial charge in [-0.2, -0.15) is 11.8 Å². The number of anilines is 1.